The summed E-state index contributed by atoms with van der Waals surface area (Å²) in [6, 6.07) is -0.249. The van der Waals surface area contributed by atoms with Crippen LogP contribution in [0.5, 0.6) is 0 Å². The van der Waals surface area contributed by atoms with E-state index >= 15 is 0 Å². The van der Waals surface area contributed by atoms with E-state index in [1.807, 2.05) is 23.8 Å². The second-order valence-electron chi connectivity index (χ2n) is 4.86. The van der Waals surface area contributed by atoms with Gasteiger partial charge >= 0.3 is 5.97 Å². The van der Waals surface area contributed by atoms with Crippen molar-refractivity contribution >= 4 is 11.8 Å². The van der Waals surface area contributed by atoms with Gasteiger partial charge in [0.05, 0.1) is 12.6 Å². The van der Waals surface area contributed by atoms with E-state index in [1.165, 1.54) is 11.3 Å². The van der Waals surface area contributed by atoms with Gasteiger partial charge in [0.25, 0.3) is 0 Å². The summed E-state index contributed by atoms with van der Waals surface area (Å²) in [5, 5.41) is 9.18. The number of aliphatic carboxylic acids is 1. The summed E-state index contributed by atoms with van der Waals surface area (Å²) >= 11 is 0. The molecule has 0 saturated carbocycles. The fraction of sp³-hybridized carbons (Fsp3) is 0.667. The first-order valence-electron chi connectivity index (χ1n) is 5.86. The summed E-state index contributed by atoms with van der Waals surface area (Å²) in [5.41, 5.74) is 2.45. The van der Waals surface area contributed by atoms with Crippen molar-refractivity contribution in [2.24, 2.45) is 4.99 Å². The van der Waals surface area contributed by atoms with Gasteiger partial charge in [-0.15, -0.1) is 0 Å². The van der Waals surface area contributed by atoms with E-state index in [4.69, 9.17) is 0 Å². The van der Waals surface area contributed by atoms with Crippen LogP contribution in [0.1, 0.15) is 20.8 Å². The number of likely N-dealkylation sites (N-methyl/N-ethyl adjacent to an activating group) is 1. The summed E-state index contributed by atoms with van der Waals surface area (Å²) in [6.07, 6.45) is 0. The molecule has 17 heavy (non-hydrogen) atoms. The Bertz CT molecular complexity index is 414. The lowest BCUT2D eigenvalue weighted by Crippen LogP contribution is -2.56. The molecule has 1 N–H and O–H groups in total. The van der Waals surface area contributed by atoms with Gasteiger partial charge in [-0.25, -0.2) is 0 Å². The highest BCUT2D eigenvalue weighted by Gasteiger charge is 2.36. The third-order valence-electron chi connectivity index (χ3n) is 3.75. The van der Waals surface area contributed by atoms with Crippen molar-refractivity contribution in [3.63, 3.8) is 0 Å². The number of nitrogens with zero attached hydrogens (tertiary/aromatic N) is 3. The van der Waals surface area contributed by atoms with Crippen LogP contribution in [0.25, 0.3) is 0 Å². The molecule has 1 unspecified atom stereocenters. The molecule has 94 valence electrons. The number of hydrogen-bond acceptors (Lipinski definition) is 4. The van der Waals surface area contributed by atoms with Gasteiger partial charge in [0.2, 0.25) is 0 Å². The van der Waals surface area contributed by atoms with Crippen LogP contribution in [0.2, 0.25) is 0 Å². The Morgan fingerprint density at radius 2 is 2.12 bits per heavy atom. The normalized spacial score (nSPS) is 30.1. The standard InChI is InChI=1S/C12H19N3O2/c1-7-8(2)13-9(3)15-6-11(12(16)17)14(4)5-10(7)15/h8,11H,5-6H2,1-4H3,(H,16,17)/t8-,11?/m0/s1. The highest BCUT2D eigenvalue weighted by atomic mass is 16.4. The molecule has 5 nitrogen and oxygen atoms in total. The monoisotopic (exact) mass is 237 g/mol. The van der Waals surface area contributed by atoms with E-state index in [0.29, 0.717) is 13.1 Å². The number of fused-ring (bicyclic) bond motifs is 1. The highest BCUT2D eigenvalue weighted by molar-refractivity contribution is 5.85. The van der Waals surface area contributed by atoms with Crippen molar-refractivity contribution in [3.8, 4) is 0 Å². The van der Waals surface area contributed by atoms with E-state index < -0.39 is 12.0 Å². The third-order valence-corrected chi connectivity index (χ3v) is 3.75. The second kappa shape index (κ2) is 4.14. The third kappa shape index (κ3) is 1.95. The zero-order chi connectivity index (χ0) is 12.7. The Labute approximate surface area is 101 Å². The van der Waals surface area contributed by atoms with Crippen LogP contribution >= 0.6 is 0 Å². The number of rotatable bonds is 1. The molecule has 0 amide bonds. The van der Waals surface area contributed by atoms with Gasteiger partial charge in [0, 0.05) is 12.2 Å². The number of aliphatic imine (C=N–C) groups is 1. The maximum Gasteiger partial charge on any atom is 0.322 e. The summed E-state index contributed by atoms with van der Waals surface area (Å²) < 4.78 is 0. The molecular weight excluding hydrogens is 218 g/mol. The molecule has 1 saturated heterocycles. The van der Waals surface area contributed by atoms with Gasteiger partial charge in [0.1, 0.15) is 11.9 Å². The van der Waals surface area contributed by atoms with Crippen molar-refractivity contribution in [1.82, 2.24) is 9.80 Å². The van der Waals surface area contributed by atoms with Crippen LogP contribution in [-0.4, -0.2) is 58.9 Å². The molecule has 0 aromatic rings. The summed E-state index contributed by atoms with van der Waals surface area (Å²) in [6.45, 7) is 7.28. The quantitative estimate of drug-likeness (QED) is 0.732. The van der Waals surface area contributed by atoms with Crippen LogP contribution in [-0.2, 0) is 4.79 Å². The number of carboxylic acids is 1. The average molecular weight is 237 g/mol. The van der Waals surface area contributed by atoms with Crippen LogP contribution in [0, 0.1) is 0 Å². The first-order chi connectivity index (χ1) is 7.91. The van der Waals surface area contributed by atoms with Crippen LogP contribution in [0.3, 0.4) is 0 Å². The molecule has 0 aromatic carbocycles. The van der Waals surface area contributed by atoms with E-state index in [2.05, 4.69) is 18.8 Å². The average Bonchev–Trinajstić information content (AvgIpc) is 2.25. The molecular formula is C12H19N3O2. The Morgan fingerprint density at radius 1 is 1.47 bits per heavy atom. The largest absolute Gasteiger partial charge is 0.480 e. The zero-order valence-electron chi connectivity index (χ0n) is 10.8. The minimum Gasteiger partial charge on any atom is -0.480 e. The first kappa shape index (κ1) is 12.1. The Balaban J connectivity index is 2.32. The van der Waals surface area contributed by atoms with Gasteiger partial charge in [-0.3, -0.25) is 14.7 Å². The van der Waals surface area contributed by atoms with Crippen LogP contribution in [0.4, 0.5) is 0 Å². The smallest absolute Gasteiger partial charge is 0.322 e. The summed E-state index contributed by atoms with van der Waals surface area (Å²) in [7, 11) is 1.86. The van der Waals surface area contributed by atoms with E-state index in [9.17, 15) is 9.90 Å². The van der Waals surface area contributed by atoms with Gasteiger partial charge < -0.3 is 10.0 Å². The predicted molar refractivity (Wildman–Crippen MR) is 66.0 cm³/mol. The number of hydrogen-bond donors (Lipinski definition) is 1. The van der Waals surface area contributed by atoms with Crippen LogP contribution in [0.15, 0.2) is 16.3 Å². The maximum absolute atomic E-state index is 11.2. The SMILES string of the molecule is CC1=N[C@@H](C)C(C)=C2CN(C)C(C(=O)O)CN12. The molecule has 0 aliphatic carbocycles. The summed E-state index contributed by atoms with van der Waals surface area (Å²) in [5.74, 6) is 0.160. The molecule has 2 atom stereocenters. The number of piperazine rings is 1. The molecule has 2 rings (SSSR count). The fourth-order valence-electron chi connectivity index (χ4n) is 2.47. The van der Waals surface area contributed by atoms with Crippen LogP contribution < -0.4 is 0 Å². The lowest BCUT2D eigenvalue weighted by atomic mass is 10.0. The topological polar surface area (TPSA) is 56.1 Å². The molecule has 0 spiro atoms. The molecule has 2 aliphatic heterocycles. The van der Waals surface area contributed by atoms with Gasteiger partial charge in [-0.1, -0.05) is 0 Å². The molecule has 1 fully saturated rings. The number of carboxylic acid groups (broad SMARTS) is 1. The van der Waals surface area contributed by atoms with Gasteiger partial charge in [-0.05, 0) is 33.4 Å². The lowest BCUT2D eigenvalue weighted by molar-refractivity contribution is -0.143. The Hall–Kier alpha value is -1.36. The maximum atomic E-state index is 11.2. The fourth-order valence-corrected chi connectivity index (χ4v) is 2.47. The number of carbonyl (C=O) groups is 1. The molecule has 2 aliphatic rings. The van der Waals surface area contributed by atoms with Crippen molar-refractivity contribution in [1.29, 1.82) is 0 Å². The van der Waals surface area contributed by atoms with E-state index in [1.54, 1.807) is 0 Å². The number of amidine groups is 1. The minimum absolute atomic E-state index is 0.205. The van der Waals surface area contributed by atoms with Crippen molar-refractivity contribution < 1.29 is 9.90 Å². The molecule has 0 bridgehead atoms. The predicted octanol–water partition coefficient (Wildman–Crippen LogP) is 0.782. The molecule has 2 heterocycles. The zero-order valence-corrected chi connectivity index (χ0v) is 10.8. The Kier molecular flexibility index (Phi) is 2.95. The summed E-state index contributed by atoms with van der Waals surface area (Å²) in [4.78, 5) is 19.6. The minimum atomic E-state index is -0.768. The second-order valence-corrected chi connectivity index (χ2v) is 4.86. The molecule has 0 aromatic heterocycles. The highest BCUT2D eigenvalue weighted by Crippen LogP contribution is 2.27. The molecule has 0 radical (unpaired) electrons. The first-order valence-corrected chi connectivity index (χ1v) is 5.86. The lowest BCUT2D eigenvalue weighted by Gasteiger charge is -2.43. The van der Waals surface area contributed by atoms with Crippen molar-refractivity contribution in [2.45, 2.75) is 32.9 Å². The Morgan fingerprint density at radius 3 is 2.71 bits per heavy atom. The van der Waals surface area contributed by atoms with Crippen molar-refractivity contribution in [3.05, 3.63) is 11.3 Å². The van der Waals surface area contributed by atoms with E-state index in [-0.39, 0.29) is 6.04 Å². The van der Waals surface area contributed by atoms with Gasteiger partial charge in [0.15, 0.2) is 0 Å². The van der Waals surface area contributed by atoms with E-state index in [0.717, 1.165) is 5.84 Å². The molecule has 5 heteroatoms. The van der Waals surface area contributed by atoms with Crippen molar-refractivity contribution in [2.75, 3.05) is 20.1 Å². The van der Waals surface area contributed by atoms with Gasteiger partial charge in [-0.2, -0.15) is 0 Å².